The molecule has 0 aliphatic carbocycles. The van der Waals surface area contributed by atoms with Gasteiger partial charge in [-0.05, 0) is 6.92 Å². The van der Waals surface area contributed by atoms with E-state index in [1.165, 1.54) is 6.33 Å². The monoisotopic (exact) mass is 218 g/mol. The number of nitrogens with zero attached hydrogens (tertiary/aromatic N) is 2. The number of rotatable bonds is 2. The van der Waals surface area contributed by atoms with Crippen LogP contribution in [0.3, 0.4) is 0 Å². The summed E-state index contributed by atoms with van der Waals surface area (Å²) < 4.78 is 0. The molecule has 6 heteroatoms. The van der Waals surface area contributed by atoms with Crippen molar-refractivity contribution in [3.63, 3.8) is 0 Å². The summed E-state index contributed by atoms with van der Waals surface area (Å²) in [6, 6.07) is 0. The molecule has 1 aromatic rings. The van der Waals surface area contributed by atoms with E-state index < -0.39 is 0 Å². The Morgan fingerprint density at radius 3 is 3.09 bits per heavy atom. The van der Waals surface area contributed by atoms with Crippen LogP contribution in [0.15, 0.2) is 6.33 Å². The Bertz CT molecular complexity index is 233. The van der Waals surface area contributed by atoms with Gasteiger partial charge in [0.15, 0.2) is 0 Å². The molecular formula is C5H7BrN4O. The van der Waals surface area contributed by atoms with Crippen LogP contribution < -0.4 is 5.32 Å². The Balaban J connectivity index is 2.50. The number of hydrogen-bond acceptors (Lipinski definition) is 3. The minimum Gasteiger partial charge on any atom is -0.294 e. The van der Waals surface area contributed by atoms with Crippen LogP contribution in [0.5, 0.6) is 0 Å². The predicted molar refractivity (Wildman–Crippen MR) is 43.4 cm³/mol. The number of hydrogen-bond donors (Lipinski definition) is 2. The van der Waals surface area contributed by atoms with Crippen LogP contribution in [-0.4, -0.2) is 25.9 Å². The molecule has 0 saturated heterocycles. The van der Waals surface area contributed by atoms with E-state index in [0.717, 1.165) is 0 Å². The predicted octanol–water partition coefficient (Wildman–Crippen LogP) is 0.527. The van der Waals surface area contributed by atoms with Crippen molar-refractivity contribution in [3.05, 3.63) is 6.33 Å². The molecule has 0 aliphatic rings. The molecular weight excluding hydrogens is 212 g/mol. The molecule has 1 heterocycles. The lowest BCUT2D eigenvalue weighted by Crippen LogP contribution is -2.20. The van der Waals surface area contributed by atoms with Crippen molar-refractivity contribution < 1.29 is 4.79 Å². The van der Waals surface area contributed by atoms with E-state index in [1.54, 1.807) is 6.92 Å². The first-order valence-electron chi connectivity index (χ1n) is 3.00. The average molecular weight is 219 g/mol. The Morgan fingerprint density at radius 2 is 2.64 bits per heavy atom. The van der Waals surface area contributed by atoms with Gasteiger partial charge in [0.05, 0.1) is 4.83 Å². The molecule has 5 nitrogen and oxygen atoms in total. The summed E-state index contributed by atoms with van der Waals surface area (Å²) in [5.41, 5.74) is 0. The first kappa shape index (κ1) is 8.19. The van der Waals surface area contributed by atoms with Crippen molar-refractivity contribution in [1.82, 2.24) is 15.2 Å². The van der Waals surface area contributed by atoms with E-state index in [4.69, 9.17) is 0 Å². The molecule has 1 atom stereocenters. The summed E-state index contributed by atoms with van der Waals surface area (Å²) in [4.78, 5) is 14.5. The van der Waals surface area contributed by atoms with E-state index in [9.17, 15) is 4.79 Å². The molecule has 0 fully saturated rings. The zero-order valence-electron chi connectivity index (χ0n) is 5.84. The summed E-state index contributed by atoms with van der Waals surface area (Å²) in [7, 11) is 0. The molecule has 1 amide bonds. The Morgan fingerprint density at radius 1 is 1.91 bits per heavy atom. The largest absolute Gasteiger partial charge is 0.294 e. The number of anilines is 1. The number of alkyl halides is 1. The highest BCUT2D eigenvalue weighted by Gasteiger charge is 2.09. The number of carbonyl (C=O) groups excluding carboxylic acids is 1. The fourth-order valence-corrected chi connectivity index (χ4v) is 0.596. The molecule has 0 spiro atoms. The van der Waals surface area contributed by atoms with Gasteiger partial charge >= 0.3 is 0 Å². The zero-order chi connectivity index (χ0) is 8.27. The molecule has 60 valence electrons. The molecule has 0 saturated carbocycles. The minimum atomic E-state index is -0.229. The molecule has 11 heavy (non-hydrogen) atoms. The van der Waals surface area contributed by atoms with E-state index >= 15 is 0 Å². The standard InChI is InChI=1S/C5H7BrN4O/c1-3(6)4(11)9-5-7-2-8-10-5/h2-3H,1H3,(H2,7,8,9,10,11)/t3-/m0/s1. The smallest absolute Gasteiger partial charge is 0.240 e. The number of carbonyl (C=O) groups is 1. The normalized spacial score (nSPS) is 12.5. The lowest BCUT2D eigenvalue weighted by Gasteiger charge is -2.00. The number of halogens is 1. The number of amides is 1. The number of aromatic nitrogens is 3. The summed E-state index contributed by atoms with van der Waals surface area (Å²) in [5, 5.41) is 8.58. The van der Waals surface area contributed by atoms with Gasteiger partial charge in [-0.1, -0.05) is 15.9 Å². The van der Waals surface area contributed by atoms with Crippen LogP contribution in [0.25, 0.3) is 0 Å². The maximum atomic E-state index is 11.0. The van der Waals surface area contributed by atoms with E-state index in [1.807, 2.05) is 0 Å². The van der Waals surface area contributed by atoms with Crippen molar-refractivity contribution >= 4 is 27.8 Å². The third kappa shape index (κ3) is 2.30. The van der Waals surface area contributed by atoms with Crippen LogP contribution >= 0.6 is 15.9 Å². The Labute approximate surface area is 71.7 Å². The SMILES string of the molecule is C[C@H](Br)C(=O)Nc1ncn[nH]1. The molecule has 0 unspecified atom stereocenters. The van der Waals surface area contributed by atoms with Gasteiger partial charge in [-0.2, -0.15) is 10.1 Å². The van der Waals surface area contributed by atoms with E-state index in [-0.39, 0.29) is 10.7 Å². The first-order chi connectivity index (χ1) is 5.20. The molecule has 0 bridgehead atoms. The van der Waals surface area contributed by atoms with Crippen molar-refractivity contribution in [2.24, 2.45) is 0 Å². The maximum absolute atomic E-state index is 11.0. The highest BCUT2D eigenvalue weighted by molar-refractivity contribution is 9.10. The van der Waals surface area contributed by atoms with Crippen LogP contribution in [0.4, 0.5) is 5.95 Å². The molecule has 1 aromatic heterocycles. The number of aromatic amines is 1. The zero-order valence-corrected chi connectivity index (χ0v) is 7.42. The fraction of sp³-hybridized carbons (Fsp3) is 0.400. The summed E-state index contributed by atoms with van der Waals surface area (Å²) in [6.07, 6.45) is 1.33. The second-order valence-electron chi connectivity index (χ2n) is 1.94. The average Bonchev–Trinajstić information content (AvgIpc) is 2.39. The molecule has 0 aromatic carbocycles. The van der Waals surface area contributed by atoms with Gasteiger partial charge in [0.1, 0.15) is 6.33 Å². The fourth-order valence-electron chi connectivity index (χ4n) is 0.482. The Hall–Kier alpha value is -0.910. The Kier molecular flexibility index (Phi) is 2.58. The summed E-state index contributed by atoms with van der Waals surface area (Å²) in [6.45, 7) is 1.73. The lowest BCUT2D eigenvalue weighted by molar-refractivity contribution is -0.115. The van der Waals surface area contributed by atoms with Gasteiger partial charge in [-0.3, -0.25) is 10.1 Å². The van der Waals surface area contributed by atoms with Gasteiger partial charge in [0, 0.05) is 0 Å². The first-order valence-corrected chi connectivity index (χ1v) is 3.92. The second-order valence-corrected chi connectivity index (χ2v) is 3.31. The van der Waals surface area contributed by atoms with Crippen LogP contribution in [0.2, 0.25) is 0 Å². The molecule has 1 rings (SSSR count). The highest BCUT2D eigenvalue weighted by Crippen LogP contribution is 2.01. The maximum Gasteiger partial charge on any atom is 0.240 e. The molecule has 0 radical (unpaired) electrons. The van der Waals surface area contributed by atoms with Gasteiger partial charge in [-0.15, -0.1) is 0 Å². The number of nitrogens with one attached hydrogen (secondary N) is 2. The van der Waals surface area contributed by atoms with Crippen molar-refractivity contribution in [2.75, 3.05) is 5.32 Å². The molecule has 2 N–H and O–H groups in total. The molecule has 0 aliphatic heterocycles. The third-order valence-electron chi connectivity index (χ3n) is 1.02. The summed E-state index contributed by atoms with van der Waals surface area (Å²) >= 11 is 3.11. The van der Waals surface area contributed by atoms with Crippen molar-refractivity contribution in [1.29, 1.82) is 0 Å². The van der Waals surface area contributed by atoms with Crippen LogP contribution in [0, 0.1) is 0 Å². The van der Waals surface area contributed by atoms with Gasteiger partial charge in [0.25, 0.3) is 0 Å². The van der Waals surface area contributed by atoms with Crippen LogP contribution in [0.1, 0.15) is 6.92 Å². The lowest BCUT2D eigenvalue weighted by atomic mass is 10.4. The van der Waals surface area contributed by atoms with Gasteiger partial charge < -0.3 is 0 Å². The van der Waals surface area contributed by atoms with Gasteiger partial charge in [-0.25, -0.2) is 5.10 Å². The topological polar surface area (TPSA) is 70.7 Å². The second kappa shape index (κ2) is 3.47. The van der Waals surface area contributed by atoms with E-state index in [0.29, 0.717) is 5.95 Å². The minimum absolute atomic E-state index is 0.151. The van der Waals surface area contributed by atoms with Crippen molar-refractivity contribution in [2.45, 2.75) is 11.8 Å². The quantitative estimate of drug-likeness (QED) is 0.712. The number of H-pyrrole nitrogens is 1. The van der Waals surface area contributed by atoms with E-state index in [2.05, 4.69) is 36.4 Å². The van der Waals surface area contributed by atoms with Crippen molar-refractivity contribution in [3.8, 4) is 0 Å². The van der Waals surface area contributed by atoms with Gasteiger partial charge in [0.2, 0.25) is 11.9 Å². The summed E-state index contributed by atoms with van der Waals surface area (Å²) in [5.74, 6) is 0.211. The van der Waals surface area contributed by atoms with Crippen LogP contribution in [-0.2, 0) is 4.79 Å². The third-order valence-corrected chi connectivity index (χ3v) is 1.43. The highest BCUT2D eigenvalue weighted by atomic mass is 79.9.